The third kappa shape index (κ3) is 6.70. The van der Waals surface area contributed by atoms with E-state index in [1.807, 2.05) is 94.1 Å². The molecule has 0 aliphatic heterocycles. The molecule has 0 amide bonds. The molecule has 322 valence electrons. The Morgan fingerprint density at radius 2 is 0.788 bits per heavy atom. The van der Waals surface area contributed by atoms with Crippen molar-refractivity contribution >= 4 is 43.6 Å². The summed E-state index contributed by atoms with van der Waals surface area (Å²) in [5.74, 6) is 0. The predicted octanol–water partition coefficient (Wildman–Crippen LogP) is 16.8. The van der Waals surface area contributed by atoms with Crippen molar-refractivity contribution in [3.05, 3.63) is 209 Å². The molecule has 0 radical (unpaired) electrons. The molecule has 0 spiro atoms. The molecule has 0 unspecified atom stereocenters. The van der Waals surface area contributed by atoms with Crippen molar-refractivity contribution in [2.24, 2.45) is 0 Å². The summed E-state index contributed by atoms with van der Waals surface area (Å²) in [7, 11) is 0. The van der Waals surface area contributed by atoms with Crippen molar-refractivity contribution in [3.63, 3.8) is 0 Å². The van der Waals surface area contributed by atoms with E-state index in [9.17, 15) is 0 Å². The molecule has 0 atom stereocenters. The summed E-state index contributed by atoms with van der Waals surface area (Å²) in [5, 5.41) is 3.77. The van der Waals surface area contributed by atoms with E-state index in [0.29, 0.717) is 22.6 Å². The summed E-state index contributed by atoms with van der Waals surface area (Å²) in [4.78, 5) is 5.35. The lowest BCUT2D eigenvalue weighted by molar-refractivity contribution is -0.137. The first-order valence-corrected chi connectivity index (χ1v) is 22.4. The van der Waals surface area contributed by atoms with Crippen molar-refractivity contribution in [2.45, 2.75) is 47.7 Å². The fraction of sp³-hybridized carbons (Fsp3) is 0.117. The van der Waals surface area contributed by atoms with Gasteiger partial charge in [0.2, 0.25) is 0 Å². The van der Waals surface area contributed by atoms with Crippen LogP contribution in [-0.2, 0) is 6.18 Å². The maximum absolute atomic E-state index is 15.9. The van der Waals surface area contributed by atoms with E-state index in [1.165, 1.54) is 23.3 Å². The zero-order chi connectivity index (χ0) is 45.6. The van der Waals surface area contributed by atoms with Gasteiger partial charge in [0.15, 0.2) is 0 Å². The molecule has 3 aromatic heterocycles. The van der Waals surface area contributed by atoms with Crippen LogP contribution in [0.5, 0.6) is 0 Å². The number of benzene rings is 8. The van der Waals surface area contributed by atoms with Gasteiger partial charge in [0.05, 0.1) is 50.4 Å². The second-order valence-electron chi connectivity index (χ2n) is 17.9. The third-order valence-corrected chi connectivity index (χ3v) is 13.3. The molecule has 3 nitrogen and oxygen atoms in total. The molecular weight excluding hydrogens is 820 g/mol. The molecule has 0 aliphatic carbocycles. The molecule has 0 saturated heterocycles. The smallest absolute Gasteiger partial charge is 0.308 e. The highest BCUT2D eigenvalue weighted by molar-refractivity contribution is 6.13. The minimum absolute atomic E-state index is 0.380. The Kier molecular flexibility index (Phi) is 9.63. The molecule has 66 heavy (non-hydrogen) atoms. The van der Waals surface area contributed by atoms with Gasteiger partial charge in [-0.2, -0.15) is 13.2 Å². The Balaban J connectivity index is 1.32. The van der Waals surface area contributed by atoms with E-state index >= 15 is 13.2 Å². The number of halogens is 3. The molecule has 0 aliphatic rings. The number of nitrogens with zero attached hydrogens (tertiary/aromatic N) is 3. The number of alkyl halides is 3. The summed E-state index contributed by atoms with van der Waals surface area (Å²) < 4.78 is 51.7. The first-order chi connectivity index (χ1) is 31.8. The first-order valence-electron chi connectivity index (χ1n) is 22.4. The number of hydrogen-bond donors (Lipinski definition) is 0. The summed E-state index contributed by atoms with van der Waals surface area (Å²) in [6.07, 6.45) is -4.69. The van der Waals surface area contributed by atoms with Crippen LogP contribution in [0.15, 0.2) is 170 Å². The number of rotatable bonds is 6. The number of fused-ring (bicyclic) bond motifs is 6. The maximum atomic E-state index is 15.9. The Morgan fingerprint density at radius 1 is 0.364 bits per heavy atom. The van der Waals surface area contributed by atoms with E-state index in [4.69, 9.17) is 4.98 Å². The number of aryl methyl sites for hydroxylation is 6. The van der Waals surface area contributed by atoms with Gasteiger partial charge in [-0.3, -0.25) is 0 Å². The Morgan fingerprint density at radius 3 is 1.26 bits per heavy atom. The van der Waals surface area contributed by atoms with Gasteiger partial charge in [-0.25, -0.2) is 4.98 Å². The van der Waals surface area contributed by atoms with Crippen LogP contribution in [0.3, 0.4) is 0 Å². The zero-order valence-corrected chi connectivity index (χ0v) is 37.6. The number of hydrogen-bond acceptors (Lipinski definition) is 1. The van der Waals surface area contributed by atoms with Gasteiger partial charge in [0, 0.05) is 32.7 Å². The van der Waals surface area contributed by atoms with Gasteiger partial charge < -0.3 is 9.13 Å². The highest BCUT2D eigenvalue weighted by Crippen LogP contribution is 2.46. The van der Waals surface area contributed by atoms with E-state index in [-0.39, 0.29) is 0 Å². The fourth-order valence-corrected chi connectivity index (χ4v) is 10.8. The molecule has 8 aromatic carbocycles. The molecule has 0 saturated carbocycles. The molecule has 11 aromatic rings. The average molecular weight is 866 g/mol. The van der Waals surface area contributed by atoms with E-state index < -0.39 is 11.7 Å². The molecule has 0 bridgehead atoms. The summed E-state index contributed by atoms with van der Waals surface area (Å²) in [6, 6.07) is 56.0. The van der Waals surface area contributed by atoms with Gasteiger partial charge in [0.25, 0.3) is 0 Å². The molecule has 3 heterocycles. The number of pyridine rings is 1. The van der Waals surface area contributed by atoms with Crippen LogP contribution in [0, 0.1) is 41.5 Å². The SMILES string of the molecule is Cc1cc(C)c(-c2ccc3c4ccccc4n(-c4cc(C(F)(F)F)cc(-n5c6ccccc6c6ccc(-c7c(C)cc(C)cc7C)cc65)c4-c4cccc(-c5ccccc5)n4)c3c2)c(C)c1. The predicted molar refractivity (Wildman–Crippen MR) is 268 cm³/mol. The summed E-state index contributed by atoms with van der Waals surface area (Å²) >= 11 is 0. The first kappa shape index (κ1) is 41.0. The van der Waals surface area contributed by atoms with Crippen LogP contribution < -0.4 is 0 Å². The number of aromatic nitrogens is 3. The van der Waals surface area contributed by atoms with E-state index in [0.717, 1.165) is 99.4 Å². The van der Waals surface area contributed by atoms with Crippen LogP contribution >= 0.6 is 0 Å². The van der Waals surface area contributed by atoms with Gasteiger partial charge in [-0.15, -0.1) is 0 Å². The van der Waals surface area contributed by atoms with E-state index in [1.54, 1.807) is 0 Å². The van der Waals surface area contributed by atoms with Crippen LogP contribution in [-0.4, -0.2) is 14.1 Å². The monoisotopic (exact) mass is 865 g/mol. The average Bonchev–Trinajstić information content (AvgIpc) is 3.80. The topological polar surface area (TPSA) is 22.8 Å². The quantitative estimate of drug-likeness (QED) is 0.163. The third-order valence-electron chi connectivity index (χ3n) is 13.3. The van der Waals surface area contributed by atoms with Crippen molar-refractivity contribution in [1.82, 2.24) is 14.1 Å². The number of para-hydroxylation sites is 2. The van der Waals surface area contributed by atoms with Crippen molar-refractivity contribution in [2.75, 3.05) is 0 Å². The van der Waals surface area contributed by atoms with Crippen LogP contribution in [0.25, 0.3) is 99.8 Å². The highest BCUT2D eigenvalue weighted by Gasteiger charge is 2.35. The minimum Gasteiger partial charge on any atom is -0.308 e. The molecule has 0 fully saturated rings. The second-order valence-corrected chi connectivity index (χ2v) is 17.9. The van der Waals surface area contributed by atoms with Gasteiger partial charge >= 0.3 is 6.18 Å². The van der Waals surface area contributed by atoms with Crippen LogP contribution in [0.2, 0.25) is 0 Å². The van der Waals surface area contributed by atoms with E-state index in [2.05, 4.69) is 114 Å². The fourth-order valence-electron chi connectivity index (χ4n) is 10.8. The van der Waals surface area contributed by atoms with Crippen molar-refractivity contribution in [1.29, 1.82) is 0 Å². The molecule has 0 N–H and O–H groups in total. The van der Waals surface area contributed by atoms with Crippen LogP contribution in [0.4, 0.5) is 13.2 Å². The van der Waals surface area contributed by atoms with Crippen molar-refractivity contribution in [3.8, 4) is 56.1 Å². The Bertz CT molecular complexity index is 3510. The molecule has 11 rings (SSSR count). The van der Waals surface area contributed by atoms with Crippen molar-refractivity contribution < 1.29 is 13.2 Å². The van der Waals surface area contributed by atoms with Gasteiger partial charge in [0.1, 0.15) is 0 Å². The van der Waals surface area contributed by atoms with Gasteiger partial charge in [-0.05, 0) is 135 Å². The lowest BCUT2D eigenvalue weighted by atomic mass is 9.93. The minimum atomic E-state index is -4.69. The van der Waals surface area contributed by atoms with Crippen LogP contribution in [0.1, 0.15) is 38.9 Å². The molecular formula is C60H46F3N3. The summed E-state index contributed by atoms with van der Waals surface area (Å²) in [5.41, 5.74) is 17.1. The zero-order valence-electron chi connectivity index (χ0n) is 37.6. The normalized spacial score (nSPS) is 12.0. The second kappa shape index (κ2) is 15.5. The lowest BCUT2D eigenvalue weighted by Gasteiger charge is -2.23. The summed E-state index contributed by atoms with van der Waals surface area (Å²) in [6.45, 7) is 12.7. The molecule has 6 heteroatoms. The maximum Gasteiger partial charge on any atom is 0.416 e. The standard InChI is InChI=1S/C60H46F3N3/c1-35-27-37(3)57(38(4)28-35)42-23-25-47-45-17-10-12-21-51(45)65(53(47)31-42)55-33-44(60(61,62)63)34-56(59(55)50-20-14-19-49(64-50)41-15-8-7-9-16-41)66-52-22-13-11-18-46(52)48-26-24-43(32-54(48)66)58-39(5)29-36(2)30-40(58)6/h7-34H,1-6H3. The largest absolute Gasteiger partial charge is 0.416 e. The Labute approximate surface area is 382 Å². The Hall–Kier alpha value is -7.70. The highest BCUT2D eigenvalue weighted by atomic mass is 19.4. The lowest BCUT2D eigenvalue weighted by Crippen LogP contribution is -2.11. The van der Waals surface area contributed by atoms with Gasteiger partial charge in [-0.1, -0.05) is 132 Å².